The van der Waals surface area contributed by atoms with E-state index in [4.69, 9.17) is 4.74 Å². The molecule has 0 bridgehead atoms. The highest BCUT2D eigenvalue weighted by atomic mass is 16.5. The average molecular weight is 392 g/mol. The van der Waals surface area contributed by atoms with Gasteiger partial charge >= 0.3 is 0 Å². The van der Waals surface area contributed by atoms with Gasteiger partial charge in [0.05, 0.1) is 11.1 Å². The zero-order valence-electron chi connectivity index (χ0n) is 17.8. The van der Waals surface area contributed by atoms with Crippen LogP contribution in [0.25, 0.3) is 11.1 Å². The molecule has 3 rings (SSSR count). The Kier molecular flexibility index (Phi) is 5.57. The third-order valence-electron chi connectivity index (χ3n) is 5.52. The van der Waals surface area contributed by atoms with Crippen LogP contribution in [-0.2, 0) is 12.0 Å². The van der Waals surface area contributed by atoms with Gasteiger partial charge in [-0.2, -0.15) is 5.26 Å². The number of unbranched alkanes of at least 4 members (excludes halogenated alkanes) is 2. The minimum atomic E-state index is -0.557. The van der Waals surface area contributed by atoms with Crippen LogP contribution in [0.4, 0.5) is 0 Å². The molecule has 0 saturated carbocycles. The first-order valence-corrected chi connectivity index (χ1v) is 10.1. The number of ether oxygens (including phenoxy) is 1. The van der Waals surface area contributed by atoms with Crippen LogP contribution in [0.2, 0.25) is 0 Å². The molecule has 0 aromatic heterocycles. The highest BCUT2D eigenvalue weighted by molar-refractivity contribution is 6.03. The molecule has 1 heterocycles. The van der Waals surface area contributed by atoms with Crippen LogP contribution in [0, 0.1) is 18.4 Å². The number of nitrogens with zero attached hydrogens (tertiary/aromatic N) is 2. The maximum Gasteiger partial charge on any atom is 0.270 e. The lowest BCUT2D eigenvalue weighted by molar-refractivity contribution is 0.0853. The predicted molar refractivity (Wildman–Crippen MR) is 113 cm³/mol. The van der Waals surface area contributed by atoms with Gasteiger partial charge in [-0.05, 0) is 50.8 Å². The minimum Gasteiger partial charge on any atom is -0.506 e. The Labute approximate surface area is 172 Å². The number of carbonyl (C=O) groups is 1. The number of phenols is 1. The van der Waals surface area contributed by atoms with Gasteiger partial charge in [-0.15, -0.1) is 0 Å². The molecule has 0 fully saturated rings. The first-order valence-electron chi connectivity index (χ1n) is 10.1. The van der Waals surface area contributed by atoms with Crippen LogP contribution < -0.4 is 4.74 Å². The second-order valence-corrected chi connectivity index (χ2v) is 8.22. The summed E-state index contributed by atoms with van der Waals surface area (Å²) in [6.07, 6.45) is 5.45. The minimum absolute atomic E-state index is 0.108. The first kappa shape index (κ1) is 20.7. The summed E-state index contributed by atoms with van der Waals surface area (Å²) in [4.78, 5) is 13.9. The molecule has 0 atom stereocenters. The van der Waals surface area contributed by atoms with Gasteiger partial charge in [-0.25, -0.2) is 4.90 Å². The number of rotatable bonds is 5. The molecular formula is C24H28N2O3. The second-order valence-electron chi connectivity index (χ2n) is 8.22. The molecule has 0 radical (unpaired) electrons. The molecule has 2 aromatic rings. The van der Waals surface area contributed by atoms with Gasteiger partial charge in [0.1, 0.15) is 17.1 Å². The number of nitriles is 1. The number of aromatic hydroxyl groups is 1. The fourth-order valence-corrected chi connectivity index (χ4v) is 3.97. The second kappa shape index (κ2) is 7.79. The molecule has 1 aliphatic heterocycles. The van der Waals surface area contributed by atoms with Crippen LogP contribution in [0.5, 0.6) is 11.5 Å². The number of aryl methyl sites for hydroxylation is 2. The van der Waals surface area contributed by atoms with Crippen LogP contribution >= 0.6 is 0 Å². The number of phenolic OH excluding ortho intramolecular Hbond substituents is 1. The van der Waals surface area contributed by atoms with E-state index in [-0.39, 0.29) is 11.3 Å². The average Bonchev–Trinajstić information content (AvgIpc) is 2.66. The zero-order chi connectivity index (χ0) is 21.3. The van der Waals surface area contributed by atoms with Gasteiger partial charge in [-0.3, -0.25) is 4.79 Å². The first-order chi connectivity index (χ1) is 13.7. The van der Waals surface area contributed by atoms with E-state index >= 15 is 0 Å². The molecule has 1 aliphatic rings. The van der Waals surface area contributed by atoms with Crippen molar-refractivity contribution in [3.05, 3.63) is 46.5 Å². The summed E-state index contributed by atoms with van der Waals surface area (Å²) in [7, 11) is 1.41. The normalized spacial score (nSPS) is 13.7. The molecule has 29 heavy (non-hydrogen) atoms. The molecule has 0 unspecified atom stereocenters. The quantitative estimate of drug-likeness (QED) is 0.427. The van der Waals surface area contributed by atoms with Gasteiger partial charge in [-0.1, -0.05) is 43.5 Å². The molecule has 5 nitrogen and oxygen atoms in total. The standard InChI is InChI=1S/C24H28N2O3/c1-6-7-8-9-16-13-19-21(22(27)20(16)23(28)26(5)14-25)17-12-15(2)10-11-18(17)24(3,4)29-19/h10-13,27H,6-9H2,1-5H3. The lowest BCUT2D eigenvalue weighted by atomic mass is 9.83. The summed E-state index contributed by atoms with van der Waals surface area (Å²) in [5.74, 6) is -0.0324. The van der Waals surface area contributed by atoms with E-state index < -0.39 is 11.5 Å². The highest BCUT2D eigenvalue weighted by Gasteiger charge is 2.36. The lowest BCUT2D eigenvalue weighted by Gasteiger charge is -2.36. The third-order valence-corrected chi connectivity index (χ3v) is 5.52. The Morgan fingerprint density at radius 1 is 1.28 bits per heavy atom. The van der Waals surface area contributed by atoms with Crippen molar-refractivity contribution in [2.45, 2.75) is 59.0 Å². The molecule has 1 amide bonds. The van der Waals surface area contributed by atoms with Gasteiger partial charge < -0.3 is 9.84 Å². The zero-order valence-corrected chi connectivity index (χ0v) is 17.8. The SMILES string of the molecule is CCCCCc1cc2c(c(O)c1C(=O)N(C)C#N)-c1cc(C)ccc1C(C)(C)O2. The van der Waals surface area contributed by atoms with E-state index in [9.17, 15) is 15.2 Å². The van der Waals surface area contributed by atoms with E-state index in [0.717, 1.165) is 40.9 Å². The Hall–Kier alpha value is -3.00. The van der Waals surface area contributed by atoms with Crippen LogP contribution in [-0.4, -0.2) is 23.0 Å². The molecular weight excluding hydrogens is 364 g/mol. The molecule has 0 aliphatic carbocycles. The summed E-state index contributed by atoms with van der Waals surface area (Å²) in [6, 6.07) is 7.90. The van der Waals surface area contributed by atoms with Crippen LogP contribution in [0.1, 0.15) is 67.1 Å². The van der Waals surface area contributed by atoms with Crippen molar-refractivity contribution in [2.24, 2.45) is 0 Å². The summed E-state index contributed by atoms with van der Waals surface area (Å²) in [5, 5.41) is 20.5. The summed E-state index contributed by atoms with van der Waals surface area (Å²) in [6.45, 7) is 8.11. The van der Waals surface area contributed by atoms with Crippen molar-refractivity contribution in [2.75, 3.05) is 7.05 Å². The number of fused-ring (bicyclic) bond motifs is 3. The van der Waals surface area contributed by atoms with E-state index in [2.05, 4.69) is 6.92 Å². The van der Waals surface area contributed by atoms with Crippen molar-refractivity contribution in [1.82, 2.24) is 4.90 Å². The topological polar surface area (TPSA) is 73.6 Å². The van der Waals surface area contributed by atoms with E-state index in [1.54, 1.807) is 0 Å². The maximum atomic E-state index is 12.9. The summed E-state index contributed by atoms with van der Waals surface area (Å²) in [5.41, 5.74) is 3.75. The van der Waals surface area contributed by atoms with Crippen molar-refractivity contribution in [3.8, 4) is 28.8 Å². The monoisotopic (exact) mass is 392 g/mol. The van der Waals surface area contributed by atoms with Crippen molar-refractivity contribution >= 4 is 5.91 Å². The van der Waals surface area contributed by atoms with Crippen molar-refractivity contribution in [3.63, 3.8) is 0 Å². The fourth-order valence-electron chi connectivity index (χ4n) is 3.97. The third kappa shape index (κ3) is 3.67. The summed E-state index contributed by atoms with van der Waals surface area (Å²) >= 11 is 0. The molecule has 5 heteroatoms. The molecule has 0 saturated heterocycles. The largest absolute Gasteiger partial charge is 0.506 e. The molecule has 152 valence electrons. The Balaban J connectivity index is 2.28. The van der Waals surface area contributed by atoms with E-state index in [1.165, 1.54) is 7.05 Å². The number of hydrogen-bond donors (Lipinski definition) is 1. The number of hydrogen-bond acceptors (Lipinski definition) is 4. The number of benzene rings is 2. The Bertz CT molecular complexity index is 1000. The maximum absolute atomic E-state index is 12.9. The predicted octanol–water partition coefficient (Wildman–Crippen LogP) is 5.28. The lowest BCUT2D eigenvalue weighted by Crippen LogP contribution is -2.30. The highest BCUT2D eigenvalue weighted by Crippen LogP contribution is 2.51. The van der Waals surface area contributed by atoms with Crippen molar-refractivity contribution < 1.29 is 14.6 Å². The summed E-state index contributed by atoms with van der Waals surface area (Å²) < 4.78 is 6.29. The fraction of sp³-hybridized carbons (Fsp3) is 0.417. The number of carbonyl (C=O) groups excluding carboxylic acids is 1. The molecule has 2 aromatic carbocycles. The number of amides is 1. The van der Waals surface area contributed by atoms with Crippen LogP contribution in [0.15, 0.2) is 24.3 Å². The molecule has 0 spiro atoms. The smallest absolute Gasteiger partial charge is 0.270 e. The van der Waals surface area contributed by atoms with E-state index in [1.807, 2.05) is 51.2 Å². The molecule has 1 N–H and O–H groups in total. The van der Waals surface area contributed by atoms with Crippen molar-refractivity contribution in [1.29, 1.82) is 5.26 Å². The van der Waals surface area contributed by atoms with Gasteiger partial charge in [0.15, 0.2) is 6.19 Å². The van der Waals surface area contributed by atoms with Crippen LogP contribution in [0.3, 0.4) is 0 Å². The van der Waals surface area contributed by atoms with Gasteiger partial charge in [0, 0.05) is 12.6 Å². The Morgan fingerprint density at radius 2 is 2.00 bits per heavy atom. The van der Waals surface area contributed by atoms with E-state index in [0.29, 0.717) is 23.3 Å². The Morgan fingerprint density at radius 3 is 2.66 bits per heavy atom. The van der Waals surface area contributed by atoms with Gasteiger partial charge in [0.25, 0.3) is 5.91 Å². The van der Waals surface area contributed by atoms with Gasteiger partial charge in [0.2, 0.25) is 0 Å².